The highest BCUT2D eigenvalue weighted by atomic mass is 19.0. The van der Waals surface area contributed by atoms with Gasteiger partial charge < -0.3 is 65.0 Å². The van der Waals surface area contributed by atoms with Gasteiger partial charge in [0.1, 0.15) is 0 Å². The highest BCUT2D eigenvalue weighted by molar-refractivity contribution is 6.24. The fourth-order valence-electron chi connectivity index (χ4n) is 6.43. The fraction of sp³-hybridized carbons (Fsp3) is 0. The molecule has 0 unspecified atom stereocenters. The summed E-state index contributed by atoms with van der Waals surface area (Å²) in [5, 5.41) is 207. The molecule has 13 rings (SSSR count). The molecular weight excluding hydrogens is 1560 g/mol. The lowest BCUT2D eigenvalue weighted by Gasteiger charge is -2.35. The van der Waals surface area contributed by atoms with Gasteiger partial charge in [-0.15, -0.1) is 0 Å². The molecule has 0 N–H and O–H groups in total. The predicted octanol–water partition coefficient (Wildman–Crippen LogP) is 9.44. The highest BCUT2D eigenvalue weighted by Gasteiger charge is 2.04. The van der Waals surface area contributed by atoms with E-state index in [2.05, 4.69) is 64.7 Å². The van der Waals surface area contributed by atoms with E-state index in [1.54, 1.807) is 158 Å². The van der Waals surface area contributed by atoms with Gasteiger partial charge in [0, 0.05) is 158 Å². The summed E-state index contributed by atoms with van der Waals surface area (Å²) in [5.41, 5.74) is 7.67. The van der Waals surface area contributed by atoms with Gasteiger partial charge in [0.15, 0.2) is 64.7 Å². The Kier molecular flexibility index (Phi) is 77.9. The molecule has 38 nitrogen and oxygen atoms in total. The van der Waals surface area contributed by atoms with Gasteiger partial charge in [-0.25, -0.2) is 0 Å². The third-order valence-electron chi connectivity index (χ3n) is 11.3. The van der Waals surface area contributed by atoms with Gasteiger partial charge in [0.05, 0.1) is 0 Å². The van der Waals surface area contributed by atoms with Crippen molar-refractivity contribution in [1.82, 2.24) is 0 Å². The van der Waals surface area contributed by atoms with E-state index in [0.717, 1.165) is 0 Å². The smallest absolute Gasteiger partial charge is 0.385 e. The lowest BCUT2D eigenvalue weighted by molar-refractivity contribution is -0.481. The van der Waals surface area contributed by atoms with Gasteiger partial charge in [-0.2, -0.15) is 0 Å². The summed E-state index contributed by atoms with van der Waals surface area (Å²) in [6.07, 6.45) is 0. The van der Waals surface area contributed by atoms with Crippen LogP contribution in [0, 0.1) is 70.1 Å². The minimum atomic E-state index is -2.92. The van der Waals surface area contributed by atoms with E-state index in [9.17, 15) is 0 Å². The zero-order valence-corrected chi connectivity index (χ0v) is 63.2. The number of nitrogens with zero attached hydrogens (tertiary/aromatic N) is 26. The van der Waals surface area contributed by atoms with E-state index in [-0.39, 0.29) is 4.70 Å². The standard InChI is InChI=1S/13C6H5N2.4BO3.FH/c13*7-8-6-4-2-1-3-5-6;4*2-1(3)4;/h13*1-5H;;;;;1H/q13*+1;4*-3;/p-1. The van der Waals surface area contributed by atoms with Gasteiger partial charge >= 0.3 is 73.9 Å². The van der Waals surface area contributed by atoms with Crippen LogP contribution >= 0.6 is 0 Å². The van der Waals surface area contributed by atoms with E-state index in [1.165, 1.54) is 0 Å². The van der Waals surface area contributed by atoms with Crippen LogP contribution in [0.15, 0.2) is 394 Å². The number of hydrogen-bond acceptors (Lipinski definition) is 25. The summed E-state index contributed by atoms with van der Waals surface area (Å²) in [4.78, 5) is 38.6. The SMILES string of the molecule is N#[N+]c1ccccc1.N#[N+]c1ccccc1.N#[N+]c1ccccc1.N#[N+]c1ccccc1.N#[N+]c1ccccc1.N#[N+]c1ccccc1.N#[N+]c1ccccc1.N#[N+]c1ccccc1.N#[N+]c1ccccc1.N#[N+]c1ccccc1.N#[N+]c1ccccc1.N#[N+]c1ccccc1.N#[N+]c1ccccc1.[F-].[O-]B([O-])[O-].[O-]B([O-])[O-].[O-]B([O-])[O-].[O-]B([O-])[O-]. The second-order valence-electron chi connectivity index (χ2n) is 19.8. The van der Waals surface area contributed by atoms with Crippen LogP contribution in [-0.2, 0) is 0 Å². The first kappa shape index (κ1) is 112. The van der Waals surface area contributed by atoms with Crippen LogP contribution in [0.1, 0.15) is 0 Å². The fourth-order valence-corrected chi connectivity index (χ4v) is 6.43. The number of benzene rings is 13. The van der Waals surface area contributed by atoms with E-state index in [4.69, 9.17) is 130 Å². The van der Waals surface area contributed by atoms with E-state index in [1.807, 2.05) is 237 Å². The van der Waals surface area contributed by atoms with Gasteiger partial charge in [-0.1, -0.05) is 237 Å². The maximum Gasteiger partial charge on any atom is 0.385 e. The summed E-state index contributed by atoms with van der Waals surface area (Å²) in [6, 6.07) is 116. The highest BCUT2D eigenvalue weighted by Crippen LogP contribution is 2.15. The lowest BCUT2D eigenvalue weighted by Crippen LogP contribution is -3.00. The maximum atomic E-state index is 8.42. The Balaban J connectivity index is -0.000000396. The Morgan fingerprint density at radius 2 is 0.157 bits per heavy atom. The first-order valence-corrected chi connectivity index (χ1v) is 33.2. The second kappa shape index (κ2) is 84.5. The first-order chi connectivity index (χ1) is 58.0. The van der Waals surface area contributed by atoms with Crippen molar-refractivity contribution >= 4 is 103 Å². The molecule has 0 atom stereocenters. The third-order valence-corrected chi connectivity index (χ3v) is 11.3. The number of halogens is 1. The Morgan fingerprint density at radius 1 is 0.116 bits per heavy atom. The maximum absolute atomic E-state index is 8.42. The summed E-state index contributed by atoms with van der Waals surface area (Å²) >= 11 is 0. The van der Waals surface area contributed by atoms with Gasteiger partial charge in [0.25, 0.3) is 0 Å². The quantitative estimate of drug-likeness (QED) is 0.101. The monoisotopic (exact) mass is 1620 g/mol. The van der Waals surface area contributed by atoms with Gasteiger partial charge in [-0.05, 0) is 0 Å². The molecule has 13 aromatic carbocycles. The molecule has 0 radical (unpaired) electrons. The molecule has 0 fully saturated rings. The van der Waals surface area contributed by atoms with Crippen LogP contribution in [0.4, 0.5) is 73.9 Å². The lowest BCUT2D eigenvalue weighted by atomic mass is 10.3. The number of rotatable bonds is 0. The van der Waals surface area contributed by atoms with E-state index in [0.29, 0.717) is 73.9 Å². The van der Waals surface area contributed by atoms with E-state index >= 15 is 0 Å². The number of diazo groups is 13. The van der Waals surface area contributed by atoms with Crippen molar-refractivity contribution in [1.29, 1.82) is 70.1 Å². The summed E-state index contributed by atoms with van der Waals surface area (Å²) in [6.45, 7) is 0. The van der Waals surface area contributed by atoms with Crippen molar-refractivity contribution in [2.45, 2.75) is 0 Å². The van der Waals surface area contributed by atoms with Crippen LogP contribution in [0.5, 0.6) is 0 Å². The molecule has 13 aromatic rings. The Hall–Kier alpha value is -18.0. The van der Waals surface area contributed by atoms with Crippen molar-refractivity contribution in [2.75, 3.05) is 0 Å². The van der Waals surface area contributed by atoms with E-state index < -0.39 is 29.3 Å². The Bertz CT molecular complexity index is 4040. The molecule has 43 heteroatoms. The third kappa shape index (κ3) is 81.3. The molecule has 0 saturated carbocycles. The van der Waals surface area contributed by atoms with Crippen molar-refractivity contribution < 1.29 is 65.0 Å². The van der Waals surface area contributed by atoms with Gasteiger partial charge in [0.2, 0.25) is 70.1 Å². The molecule has 0 bridgehead atoms. The minimum absolute atomic E-state index is 0. The molecule has 121 heavy (non-hydrogen) atoms. The zero-order valence-electron chi connectivity index (χ0n) is 63.2. The first-order valence-electron chi connectivity index (χ1n) is 33.2. The number of hydrogen-bond donors (Lipinski definition) is 0. The predicted molar refractivity (Wildman–Crippen MR) is 428 cm³/mol. The van der Waals surface area contributed by atoms with Crippen molar-refractivity contribution in [3.63, 3.8) is 0 Å². The van der Waals surface area contributed by atoms with Crippen LogP contribution in [0.2, 0.25) is 0 Å². The molecule has 0 heterocycles. The summed E-state index contributed by atoms with van der Waals surface area (Å²) < 4.78 is 0. The minimum Gasteiger partial charge on any atom is -1.00 e. The molecule has 0 aliphatic rings. The topological polar surface area (TPSA) is 643 Å². The molecular formula is C78H65B4FN26O12. The van der Waals surface area contributed by atoms with Crippen LogP contribution in [-0.4, -0.2) is 29.3 Å². The average molecular weight is 1620 g/mol. The zero-order chi connectivity index (χ0) is 90.0. The normalized spacial score (nSPS) is 7.66. The molecule has 0 amide bonds. The molecule has 0 aromatic heterocycles. The molecule has 0 spiro atoms. The largest absolute Gasteiger partial charge is 1.00 e. The Morgan fingerprint density at radius 3 is 0.182 bits per heavy atom. The Labute approximate surface area is 694 Å². The summed E-state index contributed by atoms with van der Waals surface area (Å²) in [5.74, 6) is 0. The average Bonchev–Trinajstić information content (AvgIpc) is 1.21. The van der Waals surface area contributed by atoms with Crippen LogP contribution in [0.25, 0.3) is 64.7 Å². The van der Waals surface area contributed by atoms with Crippen molar-refractivity contribution in [3.8, 4) is 0 Å². The molecule has 0 aliphatic carbocycles. The van der Waals surface area contributed by atoms with Crippen LogP contribution in [0.3, 0.4) is 0 Å². The van der Waals surface area contributed by atoms with Gasteiger partial charge in [-0.3, -0.25) is 29.3 Å². The molecule has 598 valence electrons. The molecule has 0 aliphatic heterocycles. The van der Waals surface area contributed by atoms with Crippen molar-refractivity contribution in [2.24, 2.45) is 0 Å². The molecule has 0 saturated heterocycles. The van der Waals surface area contributed by atoms with Crippen molar-refractivity contribution in [3.05, 3.63) is 459 Å². The van der Waals surface area contributed by atoms with Crippen LogP contribution < -0.4 is 65.0 Å². The second-order valence-corrected chi connectivity index (χ2v) is 19.8. The summed E-state index contributed by atoms with van der Waals surface area (Å²) in [7, 11) is -11.7.